The second-order valence-electron chi connectivity index (χ2n) is 11.0. The van der Waals surface area contributed by atoms with E-state index in [1.165, 1.54) is 16.2 Å². The van der Waals surface area contributed by atoms with Crippen molar-refractivity contribution in [1.82, 2.24) is 9.80 Å². The Labute approximate surface area is 214 Å². The van der Waals surface area contributed by atoms with Gasteiger partial charge in [-0.15, -0.1) is 11.3 Å². The molecule has 2 aromatic rings. The minimum atomic E-state index is -0.742. The van der Waals surface area contributed by atoms with Crippen molar-refractivity contribution in [3.63, 3.8) is 0 Å². The van der Waals surface area contributed by atoms with E-state index in [4.69, 9.17) is 15.2 Å². The molecular weight excluding hydrogens is 482 g/mol. The zero-order valence-electron chi connectivity index (χ0n) is 21.3. The van der Waals surface area contributed by atoms with Crippen LogP contribution in [-0.4, -0.2) is 57.5 Å². The Morgan fingerprint density at radius 2 is 1.56 bits per heavy atom. The predicted molar refractivity (Wildman–Crippen MR) is 135 cm³/mol. The fourth-order valence-electron chi connectivity index (χ4n) is 4.37. The molecule has 1 aromatic heterocycles. The molecule has 1 atom stereocenters. The fourth-order valence-corrected chi connectivity index (χ4v) is 5.46. The van der Waals surface area contributed by atoms with Gasteiger partial charge in [0.05, 0.1) is 35.8 Å². The monoisotopic (exact) mass is 513 g/mol. The van der Waals surface area contributed by atoms with E-state index in [1.54, 1.807) is 65.8 Å². The Kier molecular flexibility index (Phi) is 6.36. The molecule has 4 rings (SSSR count). The Morgan fingerprint density at radius 1 is 1.00 bits per heavy atom. The molecule has 0 aliphatic carbocycles. The predicted octanol–water partition coefficient (Wildman–Crippen LogP) is 4.24. The number of anilines is 1. The Morgan fingerprint density at radius 3 is 2.08 bits per heavy atom. The van der Waals surface area contributed by atoms with Gasteiger partial charge in [0.1, 0.15) is 16.2 Å². The number of rotatable bonds is 3. The largest absolute Gasteiger partial charge is 0.456 e. The number of carbonyl (C=O) groups is 4. The van der Waals surface area contributed by atoms with E-state index in [9.17, 15) is 19.2 Å². The van der Waals surface area contributed by atoms with Crippen molar-refractivity contribution in [2.24, 2.45) is 0 Å². The molecule has 0 spiro atoms. The van der Waals surface area contributed by atoms with Gasteiger partial charge in [-0.1, -0.05) is 12.1 Å². The number of nitrogens with zero attached hydrogens (tertiary/aromatic N) is 2. The van der Waals surface area contributed by atoms with E-state index in [2.05, 4.69) is 0 Å². The van der Waals surface area contributed by atoms with Gasteiger partial charge in [-0.05, 0) is 65.7 Å². The maximum Gasteiger partial charge on any atom is 0.410 e. The van der Waals surface area contributed by atoms with Crippen LogP contribution in [0.4, 0.5) is 9.80 Å². The third-order valence-corrected chi connectivity index (χ3v) is 6.86. The summed E-state index contributed by atoms with van der Waals surface area (Å²) >= 11 is 1.23. The van der Waals surface area contributed by atoms with Crippen LogP contribution in [0.15, 0.2) is 24.3 Å². The van der Waals surface area contributed by atoms with Crippen LogP contribution in [-0.2, 0) is 22.4 Å². The molecule has 10 heteroatoms. The van der Waals surface area contributed by atoms with Crippen LogP contribution in [0, 0.1) is 0 Å². The standard InChI is InChI=1S/C26H31N3O6S/c1-25(2,3)34-23(32)19-17-11-14(12-29-21(30)15-9-7-8-10-16(15)22(29)31)28(13-18(17)36-20(19)27)24(33)35-26(4,5)6/h7-10,14H,11-13,27H2,1-6H3. The molecule has 1 aromatic carbocycles. The molecular formula is C26H31N3O6S. The summed E-state index contributed by atoms with van der Waals surface area (Å²) < 4.78 is 11.2. The van der Waals surface area contributed by atoms with Gasteiger partial charge in [-0.3, -0.25) is 19.4 Å². The molecule has 36 heavy (non-hydrogen) atoms. The van der Waals surface area contributed by atoms with Crippen LogP contribution < -0.4 is 5.73 Å². The number of ether oxygens (including phenoxy) is 2. The van der Waals surface area contributed by atoms with E-state index in [1.807, 2.05) is 0 Å². The highest BCUT2D eigenvalue weighted by atomic mass is 32.1. The minimum absolute atomic E-state index is 0.0471. The summed E-state index contributed by atoms with van der Waals surface area (Å²) in [5.74, 6) is -1.37. The van der Waals surface area contributed by atoms with Crippen LogP contribution in [0.25, 0.3) is 0 Å². The molecule has 3 amide bonds. The minimum Gasteiger partial charge on any atom is -0.456 e. The first kappa shape index (κ1) is 25.7. The zero-order chi connectivity index (χ0) is 26.6. The van der Waals surface area contributed by atoms with Crippen LogP contribution in [0.2, 0.25) is 0 Å². The number of hydrogen-bond donors (Lipinski definition) is 1. The molecule has 192 valence electrons. The third kappa shape index (κ3) is 4.95. The lowest BCUT2D eigenvalue weighted by Gasteiger charge is -2.38. The average Bonchev–Trinajstić information content (AvgIpc) is 3.19. The number of fused-ring (bicyclic) bond motifs is 2. The summed E-state index contributed by atoms with van der Waals surface area (Å²) in [5, 5.41) is 0.305. The quantitative estimate of drug-likeness (QED) is 0.481. The van der Waals surface area contributed by atoms with E-state index >= 15 is 0 Å². The number of esters is 1. The van der Waals surface area contributed by atoms with Crippen LogP contribution in [0.5, 0.6) is 0 Å². The number of hydrogen-bond acceptors (Lipinski definition) is 8. The third-order valence-electron chi connectivity index (χ3n) is 5.81. The Bertz CT molecular complexity index is 1220. The summed E-state index contributed by atoms with van der Waals surface area (Å²) in [5.41, 5.74) is 6.40. The van der Waals surface area contributed by atoms with Gasteiger partial charge in [-0.25, -0.2) is 9.59 Å². The molecule has 0 saturated carbocycles. The van der Waals surface area contributed by atoms with Gasteiger partial charge < -0.3 is 15.2 Å². The van der Waals surface area contributed by atoms with Crippen molar-refractivity contribution in [3.05, 3.63) is 51.4 Å². The van der Waals surface area contributed by atoms with Crippen molar-refractivity contribution < 1.29 is 28.7 Å². The first-order chi connectivity index (χ1) is 16.7. The van der Waals surface area contributed by atoms with Gasteiger partial charge >= 0.3 is 12.1 Å². The first-order valence-electron chi connectivity index (χ1n) is 11.7. The van der Waals surface area contributed by atoms with Gasteiger partial charge in [-0.2, -0.15) is 0 Å². The smallest absolute Gasteiger partial charge is 0.410 e. The average molecular weight is 514 g/mol. The highest BCUT2D eigenvalue weighted by Crippen LogP contribution is 2.39. The molecule has 0 radical (unpaired) electrons. The van der Waals surface area contributed by atoms with Crippen molar-refractivity contribution in [2.45, 2.75) is 71.8 Å². The number of carbonyl (C=O) groups excluding carboxylic acids is 4. The number of benzene rings is 1. The highest BCUT2D eigenvalue weighted by Gasteiger charge is 2.42. The van der Waals surface area contributed by atoms with Gasteiger partial charge in [0, 0.05) is 4.88 Å². The van der Waals surface area contributed by atoms with Gasteiger partial charge in [0.15, 0.2) is 0 Å². The van der Waals surface area contributed by atoms with Crippen LogP contribution in [0.3, 0.4) is 0 Å². The van der Waals surface area contributed by atoms with E-state index in [0.717, 1.165) is 9.78 Å². The number of thiophene rings is 1. The topological polar surface area (TPSA) is 119 Å². The number of nitrogen functional groups attached to an aromatic ring is 1. The van der Waals surface area contributed by atoms with E-state index in [-0.39, 0.29) is 25.1 Å². The van der Waals surface area contributed by atoms with Gasteiger partial charge in [0.25, 0.3) is 11.8 Å². The van der Waals surface area contributed by atoms with Crippen molar-refractivity contribution in [1.29, 1.82) is 0 Å². The maximum atomic E-state index is 13.2. The van der Waals surface area contributed by atoms with E-state index < -0.39 is 41.1 Å². The number of nitrogens with two attached hydrogens (primary N) is 1. The first-order valence-corrected chi connectivity index (χ1v) is 12.6. The summed E-state index contributed by atoms with van der Waals surface area (Å²) in [6, 6.07) is 6.01. The lowest BCUT2D eigenvalue weighted by atomic mass is 9.96. The lowest BCUT2D eigenvalue weighted by molar-refractivity contribution is 0.00603. The maximum absolute atomic E-state index is 13.2. The molecule has 3 heterocycles. The summed E-state index contributed by atoms with van der Waals surface area (Å²) in [6.45, 7) is 10.7. The molecule has 9 nitrogen and oxygen atoms in total. The molecule has 0 saturated heterocycles. The molecule has 0 bridgehead atoms. The fraction of sp³-hybridized carbons (Fsp3) is 0.462. The summed E-state index contributed by atoms with van der Waals surface area (Å²) in [7, 11) is 0. The van der Waals surface area contributed by atoms with Crippen molar-refractivity contribution in [2.75, 3.05) is 12.3 Å². The van der Waals surface area contributed by atoms with Gasteiger partial charge in [0.2, 0.25) is 0 Å². The molecule has 2 N–H and O–H groups in total. The summed E-state index contributed by atoms with van der Waals surface area (Å²) in [6.07, 6.45) is -0.356. The second kappa shape index (κ2) is 8.92. The molecule has 2 aliphatic rings. The highest BCUT2D eigenvalue weighted by molar-refractivity contribution is 7.16. The number of amides is 3. The zero-order valence-corrected chi connectivity index (χ0v) is 22.2. The van der Waals surface area contributed by atoms with Crippen LogP contribution >= 0.6 is 11.3 Å². The second-order valence-corrected chi connectivity index (χ2v) is 12.1. The molecule has 0 fully saturated rings. The van der Waals surface area contributed by atoms with Crippen molar-refractivity contribution >= 4 is 40.2 Å². The SMILES string of the molecule is CC(C)(C)OC(=O)c1c(N)sc2c1CC(CN1C(=O)c3ccccc3C1=O)N(C(=O)OC(C)(C)C)C2. The summed E-state index contributed by atoms with van der Waals surface area (Å²) in [4.78, 5) is 55.7. The molecule has 1 unspecified atom stereocenters. The lowest BCUT2D eigenvalue weighted by Crippen LogP contribution is -2.52. The number of imide groups is 1. The Hall–Kier alpha value is -3.40. The van der Waals surface area contributed by atoms with E-state index in [0.29, 0.717) is 21.7 Å². The molecule has 2 aliphatic heterocycles. The van der Waals surface area contributed by atoms with Crippen molar-refractivity contribution in [3.8, 4) is 0 Å². The Balaban J connectivity index is 1.69. The van der Waals surface area contributed by atoms with Crippen LogP contribution in [0.1, 0.15) is 83.1 Å². The normalized spacial score (nSPS) is 17.7.